The topological polar surface area (TPSA) is 94.8 Å². The first-order valence-electron chi connectivity index (χ1n) is 9.14. The molecule has 2 heterocycles. The van der Waals surface area contributed by atoms with E-state index >= 15 is 0 Å². The molecule has 2 aromatic heterocycles. The highest BCUT2D eigenvalue weighted by atomic mass is 32.1. The summed E-state index contributed by atoms with van der Waals surface area (Å²) in [4.78, 5) is 12.1. The Morgan fingerprint density at radius 3 is 2.81 bits per heavy atom. The fourth-order valence-corrected chi connectivity index (χ4v) is 3.44. The number of alkyl halides is 4. The summed E-state index contributed by atoms with van der Waals surface area (Å²) in [5, 5.41) is 18.7. The van der Waals surface area contributed by atoms with Crippen LogP contribution in [0, 0.1) is 6.92 Å². The number of nitrogens with zero attached hydrogens (tertiary/aromatic N) is 5. The predicted molar refractivity (Wildman–Crippen MR) is 103 cm³/mol. The van der Waals surface area contributed by atoms with Crippen molar-refractivity contribution in [2.45, 2.75) is 45.3 Å². The zero-order valence-electron chi connectivity index (χ0n) is 16.3. The minimum atomic E-state index is -4.81. The van der Waals surface area contributed by atoms with E-state index in [1.165, 1.54) is 16.8 Å². The van der Waals surface area contributed by atoms with Crippen LogP contribution in [-0.2, 0) is 24.2 Å². The third-order valence-electron chi connectivity index (χ3n) is 3.92. The van der Waals surface area contributed by atoms with Gasteiger partial charge in [-0.3, -0.25) is 4.79 Å². The molecule has 0 saturated carbocycles. The molecule has 1 unspecified atom stereocenters. The van der Waals surface area contributed by atoms with Crippen LogP contribution in [0.25, 0.3) is 0 Å². The van der Waals surface area contributed by atoms with Gasteiger partial charge in [0.25, 0.3) is 0 Å². The Kier molecular flexibility index (Phi) is 7.15. The Bertz CT molecular complexity index is 1020. The molecule has 0 radical (unpaired) electrons. The van der Waals surface area contributed by atoms with E-state index in [9.17, 15) is 22.4 Å². The van der Waals surface area contributed by atoms with Crippen molar-refractivity contribution in [1.82, 2.24) is 25.2 Å². The van der Waals surface area contributed by atoms with Crippen molar-refractivity contribution in [2.75, 3.05) is 5.32 Å². The average molecular weight is 458 g/mol. The van der Waals surface area contributed by atoms with Crippen molar-refractivity contribution in [3.05, 3.63) is 46.7 Å². The van der Waals surface area contributed by atoms with Crippen molar-refractivity contribution in [2.24, 2.45) is 0 Å². The van der Waals surface area contributed by atoms with Crippen LogP contribution < -0.4 is 10.1 Å². The lowest BCUT2D eigenvalue weighted by molar-refractivity contribution is -0.274. The predicted octanol–water partition coefficient (Wildman–Crippen LogP) is 3.49. The van der Waals surface area contributed by atoms with Gasteiger partial charge in [0.15, 0.2) is 0 Å². The number of benzene rings is 1. The Hall–Kier alpha value is -3.09. The maximum atomic E-state index is 14.1. The van der Waals surface area contributed by atoms with Gasteiger partial charge < -0.3 is 10.1 Å². The maximum absolute atomic E-state index is 14.1. The van der Waals surface area contributed by atoms with Crippen LogP contribution >= 0.6 is 11.3 Å². The third kappa shape index (κ3) is 7.59. The zero-order chi connectivity index (χ0) is 22.4. The summed E-state index contributed by atoms with van der Waals surface area (Å²) in [5.41, 5.74) is 1.05. The molecule has 0 fully saturated rings. The van der Waals surface area contributed by atoms with Gasteiger partial charge >= 0.3 is 6.36 Å². The molecule has 0 spiro atoms. The van der Waals surface area contributed by atoms with E-state index in [1.54, 1.807) is 13.1 Å². The summed E-state index contributed by atoms with van der Waals surface area (Å²) in [6, 6.07) is 5.15. The summed E-state index contributed by atoms with van der Waals surface area (Å²) < 4.78 is 56.3. The number of carbonyl (C=O) groups is 1. The molecule has 1 atom stereocenters. The van der Waals surface area contributed by atoms with E-state index in [4.69, 9.17) is 0 Å². The lowest BCUT2D eigenvalue weighted by Crippen LogP contribution is -2.17. The summed E-state index contributed by atoms with van der Waals surface area (Å²) >= 11 is 1.11. The molecule has 13 heteroatoms. The van der Waals surface area contributed by atoms with Crippen LogP contribution in [0.2, 0.25) is 0 Å². The van der Waals surface area contributed by atoms with E-state index in [0.717, 1.165) is 23.5 Å². The highest BCUT2D eigenvalue weighted by molar-refractivity contribution is 7.15. The van der Waals surface area contributed by atoms with Gasteiger partial charge in [0.1, 0.15) is 16.9 Å². The highest BCUT2D eigenvalue weighted by Gasteiger charge is 2.31. The van der Waals surface area contributed by atoms with Crippen LogP contribution in [0.1, 0.15) is 22.7 Å². The number of aromatic nitrogens is 5. The second-order valence-corrected chi connectivity index (χ2v) is 7.70. The standard InChI is InChI=1S/C18H18F4N6O2S/c1-11-9-28(27-24-11)10-13(19)5-6-16-25-26-17(31-16)23-15(29)8-12-3-2-4-14(7-12)30-18(20,21)22/h2-4,7,9,13H,5-6,8,10H2,1H3,(H,23,26,29). The summed E-state index contributed by atoms with van der Waals surface area (Å²) in [5.74, 6) is -0.880. The van der Waals surface area contributed by atoms with Gasteiger partial charge in [-0.2, -0.15) is 0 Å². The number of ether oxygens (including phenoxy) is 1. The number of anilines is 1. The second kappa shape index (κ2) is 9.81. The molecule has 31 heavy (non-hydrogen) atoms. The number of carbonyl (C=O) groups excluding carboxylic acids is 1. The smallest absolute Gasteiger partial charge is 0.406 e. The van der Waals surface area contributed by atoms with Gasteiger partial charge in [0.2, 0.25) is 11.0 Å². The lowest BCUT2D eigenvalue weighted by Gasteiger charge is -2.09. The highest BCUT2D eigenvalue weighted by Crippen LogP contribution is 2.24. The first-order valence-corrected chi connectivity index (χ1v) is 9.95. The SMILES string of the molecule is Cc1cn(CC(F)CCc2nnc(NC(=O)Cc3cccc(OC(F)(F)F)c3)s2)nn1. The van der Waals surface area contributed by atoms with Crippen molar-refractivity contribution in [3.8, 4) is 5.75 Å². The average Bonchev–Trinajstić information content (AvgIpc) is 3.27. The van der Waals surface area contributed by atoms with Gasteiger partial charge in [-0.25, -0.2) is 9.07 Å². The van der Waals surface area contributed by atoms with Gasteiger partial charge in [-0.1, -0.05) is 28.7 Å². The first kappa shape index (κ1) is 22.6. The Morgan fingerprint density at radius 2 is 2.10 bits per heavy atom. The number of hydrogen-bond donors (Lipinski definition) is 1. The Balaban J connectivity index is 1.47. The quantitative estimate of drug-likeness (QED) is 0.494. The molecule has 8 nitrogen and oxygen atoms in total. The molecule has 3 rings (SSSR count). The summed E-state index contributed by atoms with van der Waals surface area (Å²) in [6.45, 7) is 1.85. The third-order valence-corrected chi connectivity index (χ3v) is 4.82. The van der Waals surface area contributed by atoms with Crippen LogP contribution in [0.3, 0.4) is 0 Å². The van der Waals surface area contributed by atoms with Crippen LogP contribution in [0.15, 0.2) is 30.5 Å². The van der Waals surface area contributed by atoms with E-state index in [1.807, 2.05) is 0 Å². The molecule has 1 aromatic carbocycles. The Morgan fingerprint density at radius 1 is 1.29 bits per heavy atom. The molecule has 0 bridgehead atoms. The van der Waals surface area contributed by atoms with E-state index < -0.39 is 24.2 Å². The molecule has 0 aliphatic heterocycles. The molecular weight excluding hydrogens is 440 g/mol. The second-order valence-electron chi connectivity index (χ2n) is 6.64. The zero-order valence-corrected chi connectivity index (χ0v) is 17.1. The molecule has 1 N–H and O–H groups in total. The molecule has 0 saturated heterocycles. The largest absolute Gasteiger partial charge is 0.573 e. The van der Waals surface area contributed by atoms with Crippen molar-refractivity contribution < 1.29 is 27.1 Å². The van der Waals surface area contributed by atoms with E-state index in [0.29, 0.717) is 22.7 Å². The van der Waals surface area contributed by atoms with Gasteiger partial charge in [-0.05, 0) is 31.0 Å². The monoisotopic (exact) mass is 458 g/mol. The number of halogens is 4. The molecule has 0 aliphatic rings. The molecule has 3 aromatic rings. The van der Waals surface area contributed by atoms with Crippen molar-refractivity contribution >= 4 is 22.4 Å². The maximum Gasteiger partial charge on any atom is 0.573 e. The molecule has 0 aliphatic carbocycles. The lowest BCUT2D eigenvalue weighted by atomic mass is 10.1. The first-order chi connectivity index (χ1) is 14.7. The van der Waals surface area contributed by atoms with Gasteiger partial charge in [-0.15, -0.1) is 28.5 Å². The minimum absolute atomic E-state index is 0.0837. The van der Waals surface area contributed by atoms with Crippen LogP contribution in [-0.4, -0.2) is 43.6 Å². The molecule has 166 valence electrons. The minimum Gasteiger partial charge on any atom is -0.406 e. The van der Waals surface area contributed by atoms with E-state index in [-0.39, 0.29) is 24.5 Å². The number of amides is 1. The molecule has 1 amide bonds. The van der Waals surface area contributed by atoms with Crippen LogP contribution in [0.5, 0.6) is 5.75 Å². The van der Waals surface area contributed by atoms with Crippen molar-refractivity contribution in [1.29, 1.82) is 0 Å². The van der Waals surface area contributed by atoms with Crippen LogP contribution in [0.4, 0.5) is 22.7 Å². The Labute approximate surface area is 178 Å². The van der Waals surface area contributed by atoms with Gasteiger partial charge in [0, 0.05) is 12.6 Å². The van der Waals surface area contributed by atoms with E-state index in [2.05, 4.69) is 30.6 Å². The number of aryl methyl sites for hydroxylation is 2. The number of rotatable bonds is 9. The number of nitrogens with one attached hydrogen (secondary N) is 1. The fourth-order valence-electron chi connectivity index (χ4n) is 2.67. The summed E-state index contributed by atoms with van der Waals surface area (Å²) in [7, 11) is 0. The molecular formula is C18H18F4N6O2S. The summed E-state index contributed by atoms with van der Waals surface area (Å²) in [6.07, 6.45) is -3.94. The van der Waals surface area contributed by atoms with Crippen molar-refractivity contribution in [3.63, 3.8) is 0 Å². The normalized spacial score (nSPS) is 12.5. The number of hydrogen-bond acceptors (Lipinski definition) is 7. The van der Waals surface area contributed by atoms with Gasteiger partial charge in [0.05, 0.1) is 18.7 Å². The fraction of sp³-hybridized carbons (Fsp3) is 0.389.